The first-order valence-corrected chi connectivity index (χ1v) is 5.99. The molecule has 0 spiro atoms. The van der Waals surface area contributed by atoms with Crippen molar-refractivity contribution in [2.24, 2.45) is 0 Å². The number of rotatable bonds is 2. The Morgan fingerprint density at radius 3 is 1.74 bits per heavy atom. The fourth-order valence-electron chi connectivity index (χ4n) is 1.49. The minimum absolute atomic E-state index is 0.356. The molecule has 0 saturated carbocycles. The van der Waals surface area contributed by atoms with Crippen LogP contribution in [0.2, 0.25) is 0 Å². The Kier molecular flexibility index (Phi) is 3.88. The first kappa shape index (κ1) is 15.8. The summed E-state index contributed by atoms with van der Waals surface area (Å²) in [6, 6.07) is 2.54. The lowest BCUT2D eigenvalue weighted by atomic mass is 9.98. The molecule has 0 heterocycles. The Balaban J connectivity index is 3.59. The molecule has 0 aromatic heterocycles. The van der Waals surface area contributed by atoms with E-state index in [-0.39, 0.29) is 0 Å². The molecule has 0 unspecified atom stereocenters. The molecule has 0 saturated heterocycles. The molecule has 0 atom stereocenters. The van der Waals surface area contributed by atoms with E-state index >= 15 is 0 Å². The Hall–Kier alpha value is -1.29. The second kappa shape index (κ2) is 4.67. The van der Waals surface area contributed by atoms with Crippen molar-refractivity contribution in [3.63, 3.8) is 0 Å². The highest BCUT2D eigenvalue weighted by Crippen LogP contribution is 2.47. The van der Waals surface area contributed by atoms with E-state index < -0.39 is 38.8 Å². The van der Waals surface area contributed by atoms with Crippen molar-refractivity contribution in [1.29, 1.82) is 0 Å². The smallest absolute Gasteiger partial charge is 0.282 e. The van der Waals surface area contributed by atoms with E-state index in [0.717, 1.165) is 12.1 Å². The van der Waals surface area contributed by atoms with Crippen LogP contribution in [0.5, 0.6) is 0 Å². The van der Waals surface area contributed by atoms with Gasteiger partial charge in [-0.15, -0.1) is 0 Å². The van der Waals surface area contributed by atoms with Crippen LogP contribution >= 0.6 is 0 Å². The number of hydrogen-bond acceptors (Lipinski definition) is 2. The number of benzene rings is 1. The van der Waals surface area contributed by atoms with Crippen molar-refractivity contribution in [3.8, 4) is 0 Å². The summed E-state index contributed by atoms with van der Waals surface area (Å²) in [7, 11) is -5.20. The lowest BCUT2D eigenvalue weighted by molar-refractivity contribution is -0.254. The van der Waals surface area contributed by atoms with Crippen LogP contribution in [0.3, 0.4) is 0 Å². The predicted octanol–water partition coefficient (Wildman–Crippen LogP) is 3.14. The van der Waals surface area contributed by atoms with Crippen LogP contribution in [0.15, 0.2) is 29.2 Å². The molecular weight excluding hydrogens is 302 g/mol. The van der Waals surface area contributed by atoms with E-state index in [4.69, 9.17) is 4.55 Å². The molecule has 0 aliphatic rings. The standard InChI is InChI=1S/C9H6F6O3S/c10-8(11,12)7(9(13,14)15)5-3-1-2-4-6(5)19(16,17)18/h1-4,7H,(H,16,17,18). The number of alkyl halides is 6. The second-order valence-corrected chi connectivity index (χ2v) is 4.92. The molecule has 19 heavy (non-hydrogen) atoms. The lowest BCUT2D eigenvalue weighted by Crippen LogP contribution is -2.35. The van der Waals surface area contributed by atoms with E-state index in [2.05, 4.69) is 0 Å². The minimum atomic E-state index is -5.74. The minimum Gasteiger partial charge on any atom is -0.282 e. The van der Waals surface area contributed by atoms with Gasteiger partial charge in [0, 0.05) is 0 Å². The highest BCUT2D eigenvalue weighted by Gasteiger charge is 2.58. The van der Waals surface area contributed by atoms with Crippen LogP contribution in [0.25, 0.3) is 0 Å². The maximum atomic E-state index is 12.5. The first-order chi connectivity index (χ1) is 8.35. The molecule has 0 bridgehead atoms. The summed E-state index contributed by atoms with van der Waals surface area (Å²) in [5.41, 5.74) is -1.56. The van der Waals surface area contributed by atoms with E-state index in [1.165, 1.54) is 0 Å². The monoisotopic (exact) mass is 308 g/mol. The average molecular weight is 308 g/mol. The molecule has 10 heteroatoms. The van der Waals surface area contributed by atoms with Crippen molar-refractivity contribution in [3.05, 3.63) is 29.8 Å². The van der Waals surface area contributed by atoms with Crippen LogP contribution in [0.4, 0.5) is 26.3 Å². The van der Waals surface area contributed by atoms with Crippen LogP contribution in [0.1, 0.15) is 11.5 Å². The third-order valence-electron chi connectivity index (χ3n) is 2.16. The van der Waals surface area contributed by atoms with Crippen molar-refractivity contribution in [2.75, 3.05) is 0 Å². The number of halogens is 6. The highest BCUT2D eigenvalue weighted by atomic mass is 32.2. The molecule has 1 aromatic carbocycles. The zero-order valence-corrected chi connectivity index (χ0v) is 9.64. The maximum absolute atomic E-state index is 12.5. The first-order valence-electron chi connectivity index (χ1n) is 4.55. The van der Waals surface area contributed by atoms with Gasteiger partial charge in [-0.1, -0.05) is 18.2 Å². The van der Waals surface area contributed by atoms with Gasteiger partial charge in [0.1, 0.15) is 0 Å². The summed E-state index contributed by atoms with van der Waals surface area (Å²) < 4.78 is 105. The zero-order valence-electron chi connectivity index (χ0n) is 8.83. The van der Waals surface area contributed by atoms with Crippen molar-refractivity contribution in [2.45, 2.75) is 23.2 Å². The van der Waals surface area contributed by atoms with Crippen LogP contribution in [-0.2, 0) is 10.1 Å². The Labute approximate surface area is 103 Å². The lowest BCUT2D eigenvalue weighted by Gasteiger charge is -2.24. The van der Waals surface area contributed by atoms with Gasteiger partial charge in [0.05, 0.1) is 4.90 Å². The van der Waals surface area contributed by atoms with Crippen molar-refractivity contribution in [1.82, 2.24) is 0 Å². The topological polar surface area (TPSA) is 54.4 Å². The van der Waals surface area contributed by atoms with Gasteiger partial charge in [-0.3, -0.25) is 4.55 Å². The van der Waals surface area contributed by atoms with Crippen LogP contribution in [-0.4, -0.2) is 25.3 Å². The third kappa shape index (κ3) is 3.60. The van der Waals surface area contributed by atoms with Crippen molar-refractivity contribution >= 4 is 10.1 Å². The van der Waals surface area contributed by atoms with Gasteiger partial charge >= 0.3 is 12.4 Å². The molecule has 1 N–H and O–H groups in total. The maximum Gasteiger partial charge on any atom is 0.404 e. The van der Waals surface area contributed by atoms with Gasteiger partial charge in [0.2, 0.25) is 0 Å². The average Bonchev–Trinajstić information content (AvgIpc) is 2.11. The summed E-state index contributed by atoms with van der Waals surface area (Å²) in [5.74, 6) is -3.99. The third-order valence-corrected chi connectivity index (χ3v) is 3.09. The summed E-state index contributed by atoms with van der Waals surface area (Å²) >= 11 is 0. The highest BCUT2D eigenvalue weighted by molar-refractivity contribution is 7.85. The van der Waals surface area contributed by atoms with Crippen LogP contribution in [0, 0.1) is 0 Å². The predicted molar refractivity (Wildman–Crippen MR) is 51.1 cm³/mol. The quantitative estimate of drug-likeness (QED) is 0.674. The normalized spacial score (nSPS) is 13.9. The van der Waals surface area contributed by atoms with Crippen molar-refractivity contribution < 1.29 is 39.3 Å². The molecule has 0 amide bonds. The van der Waals surface area contributed by atoms with E-state index in [1.807, 2.05) is 0 Å². The SMILES string of the molecule is O=S(=O)(O)c1ccccc1C(C(F)(F)F)C(F)(F)F. The van der Waals surface area contributed by atoms with E-state index in [0.29, 0.717) is 12.1 Å². The molecule has 1 rings (SSSR count). The summed E-state index contributed by atoms with van der Waals surface area (Å²) in [4.78, 5) is -1.42. The molecule has 0 fully saturated rings. The van der Waals surface area contributed by atoms with E-state index in [9.17, 15) is 34.8 Å². The molecule has 0 radical (unpaired) electrons. The number of hydrogen-bond donors (Lipinski definition) is 1. The zero-order chi connectivity index (χ0) is 15.1. The molecule has 108 valence electrons. The molecule has 0 aliphatic heterocycles. The summed E-state index contributed by atoms with van der Waals surface area (Å²) in [6.07, 6.45) is -11.5. The molecule has 0 aliphatic carbocycles. The van der Waals surface area contributed by atoms with Gasteiger partial charge in [-0.25, -0.2) is 0 Å². The van der Waals surface area contributed by atoms with Gasteiger partial charge in [0.25, 0.3) is 10.1 Å². The van der Waals surface area contributed by atoms with Gasteiger partial charge in [-0.2, -0.15) is 34.8 Å². The fourth-order valence-corrected chi connectivity index (χ4v) is 2.23. The summed E-state index contributed by atoms with van der Waals surface area (Å²) in [6.45, 7) is 0. The Morgan fingerprint density at radius 2 is 1.37 bits per heavy atom. The molecule has 1 aromatic rings. The molecule has 3 nitrogen and oxygen atoms in total. The largest absolute Gasteiger partial charge is 0.404 e. The van der Waals surface area contributed by atoms with Crippen LogP contribution < -0.4 is 0 Å². The summed E-state index contributed by atoms with van der Waals surface area (Å²) in [5, 5.41) is 0. The van der Waals surface area contributed by atoms with Gasteiger partial charge < -0.3 is 0 Å². The Morgan fingerprint density at radius 1 is 0.947 bits per heavy atom. The van der Waals surface area contributed by atoms with Gasteiger partial charge in [-0.05, 0) is 11.6 Å². The molecular formula is C9H6F6O3S. The fraction of sp³-hybridized carbons (Fsp3) is 0.333. The second-order valence-electron chi connectivity index (χ2n) is 3.53. The van der Waals surface area contributed by atoms with E-state index in [1.54, 1.807) is 0 Å². The van der Waals surface area contributed by atoms with Gasteiger partial charge in [0.15, 0.2) is 5.92 Å². The Bertz CT molecular complexity index is 546.